The van der Waals surface area contributed by atoms with Gasteiger partial charge in [0, 0.05) is 10.7 Å². The van der Waals surface area contributed by atoms with Crippen LogP contribution in [0.1, 0.15) is 45.4 Å². The van der Waals surface area contributed by atoms with Gasteiger partial charge in [-0.1, -0.05) is 11.6 Å². The van der Waals surface area contributed by atoms with Crippen molar-refractivity contribution in [2.45, 2.75) is 57.2 Å². The highest BCUT2D eigenvalue weighted by molar-refractivity contribution is 6.30. The predicted molar refractivity (Wildman–Crippen MR) is 97.7 cm³/mol. The number of anilines is 1. The summed E-state index contributed by atoms with van der Waals surface area (Å²) >= 11 is 5.84. The van der Waals surface area contributed by atoms with Crippen molar-refractivity contribution in [2.24, 2.45) is 17.3 Å². The number of ether oxygens (including phenoxy) is 1. The third-order valence-corrected chi connectivity index (χ3v) is 6.48. The van der Waals surface area contributed by atoms with Crippen molar-refractivity contribution in [2.75, 3.05) is 5.32 Å². The Morgan fingerprint density at radius 1 is 1.19 bits per heavy atom. The highest BCUT2D eigenvalue weighted by Crippen LogP contribution is 2.62. The smallest absolute Gasteiger partial charge is 0.312 e. The standard InChI is InChI=1S/C20H24ClNO4/c1-12(17(23)22-16-4-2-15(21)3-5-16)26-18(24)19-7-13-6-14(8-19)10-20(25,9-13)11-19/h2-5,12-14,25H,6-11H2,1H3,(H,22,23). The normalized spacial score (nSPS) is 35.8. The molecule has 3 unspecified atom stereocenters. The molecule has 0 radical (unpaired) electrons. The Hall–Kier alpha value is -1.59. The topological polar surface area (TPSA) is 75.6 Å². The summed E-state index contributed by atoms with van der Waals surface area (Å²) in [5.41, 5.74) is -0.739. The second-order valence-corrected chi connectivity index (χ2v) is 8.95. The van der Waals surface area contributed by atoms with Gasteiger partial charge in [-0.05, 0) is 81.5 Å². The lowest BCUT2D eigenvalue weighted by atomic mass is 9.48. The zero-order valence-corrected chi connectivity index (χ0v) is 15.6. The minimum absolute atomic E-state index is 0.330. The fraction of sp³-hybridized carbons (Fsp3) is 0.600. The van der Waals surface area contributed by atoms with E-state index < -0.39 is 17.1 Å². The van der Waals surface area contributed by atoms with Gasteiger partial charge in [-0.2, -0.15) is 0 Å². The van der Waals surface area contributed by atoms with Crippen molar-refractivity contribution in [1.29, 1.82) is 0 Å². The number of esters is 1. The molecule has 1 aromatic rings. The number of carbonyl (C=O) groups excluding carboxylic acids is 2. The SMILES string of the molecule is CC(OC(=O)C12CC3CC(CC(O)(C3)C1)C2)C(=O)Nc1ccc(Cl)cc1. The molecule has 4 saturated carbocycles. The number of rotatable bonds is 4. The molecule has 3 atom stereocenters. The van der Waals surface area contributed by atoms with Gasteiger partial charge in [0.05, 0.1) is 11.0 Å². The average molecular weight is 378 g/mol. The first-order valence-corrected chi connectivity index (χ1v) is 9.65. The van der Waals surface area contributed by atoms with Gasteiger partial charge in [-0.15, -0.1) is 0 Å². The molecule has 0 aromatic heterocycles. The molecule has 0 spiro atoms. The van der Waals surface area contributed by atoms with Gasteiger partial charge in [-0.3, -0.25) is 9.59 Å². The Balaban J connectivity index is 1.41. The average Bonchev–Trinajstić information content (AvgIpc) is 2.54. The summed E-state index contributed by atoms with van der Waals surface area (Å²) in [4.78, 5) is 25.3. The summed E-state index contributed by atoms with van der Waals surface area (Å²) in [6, 6.07) is 6.76. The molecule has 140 valence electrons. The highest BCUT2D eigenvalue weighted by atomic mass is 35.5. The highest BCUT2D eigenvalue weighted by Gasteiger charge is 2.61. The summed E-state index contributed by atoms with van der Waals surface area (Å²) < 4.78 is 5.55. The van der Waals surface area contributed by atoms with Crippen molar-refractivity contribution in [3.8, 4) is 0 Å². The van der Waals surface area contributed by atoms with Gasteiger partial charge < -0.3 is 15.2 Å². The largest absolute Gasteiger partial charge is 0.452 e. The van der Waals surface area contributed by atoms with Crippen LogP contribution in [0.15, 0.2) is 24.3 Å². The van der Waals surface area contributed by atoms with Gasteiger partial charge in [0.15, 0.2) is 6.10 Å². The lowest BCUT2D eigenvalue weighted by molar-refractivity contribution is -0.199. The monoisotopic (exact) mass is 377 g/mol. The minimum atomic E-state index is -0.888. The number of carbonyl (C=O) groups is 2. The third kappa shape index (κ3) is 3.23. The van der Waals surface area contributed by atoms with Crippen molar-refractivity contribution in [3.05, 3.63) is 29.3 Å². The number of hydrogen-bond acceptors (Lipinski definition) is 4. The van der Waals surface area contributed by atoms with Crippen LogP contribution in [0.4, 0.5) is 5.69 Å². The fourth-order valence-electron chi connectivity index (χ4n) is 5.57. The van der Waals surface area contributed by atoms with E-state index in [0.717, 1.165) is 32.1 Å². The van der Waals surface area contributed by atoms with E-state index in [1.165, 1.54) is 0 Å². The number of nitrogens with one attached hydrogen (secondary N) is 1. The predicted octanol–water partition coefficient (Wildman–Crippen LogP) is 3.54. The molecule has 2 N–H and O–H groups in total. The van der Waals surface area contributed by atoms with E-state index in [9.17, 15) is 14.7 Å². The van der Waals surface area contributed by atoms with Crippen LogP contribution < -0.4 is 5.32 Å². The zero-order valence-electron chi connectivity index (χ0n) is 14.8. The first kappa shape index (κ1) is 17.8. The number of halogens is 1. The van der Waals surface area contributed by atoms with Crippen LogP contribution in [0.3, 0.4) is 0 Å². The molecule has 0 aliphatic heterocycles. The van der Waals surface area contributed by atoms with Crippen LogP contribution >= 0.6 is 11.6 Å². The molecule has 1 amide bonds. The summed E-state index contributed by atoms with van der Waals surface area (Å²) in [6.07, 6.45) is 3.82. The molecule has 1 aromatic carbocycles. The molecular weight excluding hydrogens is 354 g/mol. The van der Waals surface area contributed by atoms with Crippen LogP contribution in [0.5, 0.6) is 0 Å². The maximum atomic E-state index is 12.9. The Morgan fingerprint density at radius 3 is 2.38 bits per heavy atom. The molecule has 0 saturated heterocycles. The second-order valence-electron chi connectivity index (χ2n) is 8.51. The van der Waals surface area contributed by atoms with E-state index in [1.807, 2.05) is 0 Å². The van der Waals surface area contributed by atoms with E-state index in [0.29, 0.717) is 29.0 Å². The van der Waals surface area contributed by atoms with Gasteiger partial charge in [0.25, 0.3) is 5.91 Å². The molecule has 26 heavy (non-hydrogen) atoms. The van der Waals surface area contributed by atoms with Crippen LogP contribution in [0, 0.1) is 17.3 Å². The number of amides is 1. The van der Waals surface area contributed by atoms with Crippen molar-refractivity contribution >= 4 is 29.2 Å². The fourth-order valence-corrected chi connectivity index (χ4v) is 5.70. The van der Waals surface area contributed by atoms with Crippen molar-refractivity contribution < 1.29 is 19.4 Å². The lowest BCUT2D eigenvalue weighted by Crippen LogP contribution is -2.59. The first-order chi connectivity index (χ1) is 12.3. The van der Waals surface area contributed by atoms with Crippen LogP contribution in [0.25, 0.3) is 0 Å². The molecule has 6 heteroatoms. The Morgan fingerprint density at radius 2 is 1.81 bits per heavy atom. The molecule has 4 fully saturated rings. The van der Waals surface area contributed by atoms with Gasteiger partial charge in [0.2, 0.25) is 0 Å². The second kappa shape index (κ2) is 6.24. The molecule has 0 heterocycles. The van der Waals surface area contributed by atoms with Crippen LogP contribution in [0.2, 0.25) is 5.02 Å². The lowest BCUT2D eigenvalue weighted by Gasteiger charge is -2.58. The Labute approximate surface area is 158 Å². The van der Waals surface area contributed by atoms with Gasteiger partial charge >= 0.3 is 5.97 Å². The quantitative estimate of drug-likeness (QED) is 0.787. The molecule has 4 aliphatic carbocycles. The molecule has 5 nitrogen and oxygen atoms in total. The van der Waals surface area contributed by atoms with Crippen molar-refractivity contribution in [3.63, 3.8) is 0 Å². The Kier molecular flexibility index (Phi) is 4.27. The van der Waals surface area contributed by atoms with Gasteiger partial charge in [-0.25, -0.2) is 0 Å². The summed E-state index contributed by atoms with van der Waals surface area (Å²) in [5.74, 6) is 0.0897. The molecule has 4 aliphatic rings. The van der Waals surface area contributed by atoms with Crippen LogP contribution in [-0.4, -0.2) is 28.7 Å². The van der Waals surface area contributed by atoms with E-state index in [-0.39, 0.29) is 11.9 Å². The molecular formula is C20H24ClNO4. The third-order valence-electron chi connectivity index (χ3n) is 6.23. The minimum Gasteiger partial charge on any atom is -0.452 e. The zero-order chi connectivity index (χ0) is 18.5. The first-order valence-electron chi connectivity index (χ1n) is 9.27. The summed E-state index contributed by atoms with van der Waals surface area (Å²) in [5, 5.41) is 14.1. The van der Waals surface area contributed by atoms with Crippen molar-refractivity contribution in [1.82, 2.24) is 0 Å². The number of aliphatic hydroxyl groups is 1. The van der Waals surface area contributed by atoms with E-state index in [4.69, 9.17) is 16.3 Å². The molecule has 5 rings (SSSR count). The Bertz CT molecular complexity index is 718. The maximum Gasteiger partial charge on any atom is 0.312 e. The van der Waals surface area contributed by atoms with E-state index >= 15 is 0 Å². The summed E-state index contributed by atoms with van der Waals surface area (Å²) in [7, 11) is 0. The van der Waals surface area contributed by atoms with Gasteiger partial charge in [0.1, 0.15) is 0 Å². The van der Waals surface area contributed by atoms with Crippen LogP contribution in [-0.2, 0) is 14.3 Å². The van der Waals surface area contributed by atoms with E-state index in [2.05, 4.69) is 5.32 Å². The van der Waals surface area contributed by atoms with E-state index in [1.54, 1.807) is 31.2 Å². The number of benzene rings is 1. The molecule has 4 bridgehead atoms. The number of hydrogen-bond donors (Lipinski definition) is 2. The summed E-state index contributed by atoms with van der Waals surface area (Å²) in [6.45, 7) is 1.58. The maximum absolute atomic E-state index is 12.9.